The molecule has 2 aromatic heterocycles. The third-order valence-electron chi connectivity index (χ3n) is 5.90. The standard InChI is InChI=1S/C22H26N4O2.CH2O2/c27-21(19-3-9-23-10-4-19)25-12-6-20(7-13-25)22(28)26-11-5-18(16-26)14-17-2-1-8-24-15-17;2-1-3/h1-4,8-10,15,18,20H,5-7,11-14,16H2;1H,(H,2,3). The number of piperidine rings is 1. The van der Waals surface area contributed by atoms with Gasteiger partial charge < -0.3 is 14.9 Å². The predicted molar refractivity (Wildman–Crippen MR) is 114 cm³/mol. The Morgan fingerprint density at radius 1 is 1.00 bits per heavy atom. The normalized spacial score (nSPS) is 18.8. The molecule has 2 fully saturated rings. The van der Waals surface area contributed by atoms with Crippen LogP contribution in [0.15, 0.2) is 49.1 Å². The fourth-order valence-corrected chi connectivity index (χ4v) is 4.32. The smallest absolute Gasteiger partial charge is 0.290 e. The molecule has 2 aromatic rings. The van der Waals surface area contributed by atoms with E-state index in [-0.39, 0.29) is 24.2 Å². The van der Waals surface area contributed by atoms with Crippen LogP contribution in [0.5, 0.6) is 0 Å². The minimum atomic E-state index is -0.250. The first-order chi connectivity index (χ1) is 15.1. The first-order valence-electron chi connectivity index (χ1n) is 10.6. The van der Waals surface area contributed by atoms with Crippen molar-refractivity contribution in [3.63, 3.8) is 0 Å². The van der Waals surface area contributed by atoms with E-state index in [0.29, 0.717) is 24.6 Å². The zero-order valence-electron chi connectivity index (χ0n) is 17.5. The summed E-state index contributed by atoms with van der Waals surface area (Å²) in [6.07, 6.45) is 10.5. The monoisotopic (exact) mass is 424 g/mol. The molecule has 0 radical (unpaired) electrons. The van der Waals surface area contributed by atoms with E-state index >= 15 is 0 Å². The number of rotatable bonds is 4. The van der Waals surface area contributed by atoms with Crippen LogP contribution >= 0.6 is 0 Å². The Kier molecular flexibility index (Phi) is 8.09. The molecular formula is C23H28N4O4. The number of likely N-dealkylation sites (tertiary alicyclic amines) is 2. The van der Waals surface area contributed by atoms with Gasteiger partial charge in [-0.25, -0.2) is 0 Å². The highest BCUT2D eigenvalue weighted by Crippen LogP contribution is 2.26. The van der Waals surface area contributed by atoms with E-state index in [9.17, 15) is 9.59 Å². The SMILES string of the molecule is O=C(c1ccncc1)N1CCC(C(=O)N2CCC(Cc3cccnc3)C2)CC1.O=CO. The van der Waals surface area contributed by atoms with Crippen molar-refractivity contribution >= 4 is 18.3 Å². The third kappa shape index (κ3) is 6.10. The fourth-order valence-electron chi connectivity index (χ4n) is 4.32. The van der Waals surface area contributed by atoms with Crippen molar-refractivity contribution < 1.29 is 19.5 Å². The zero-order valence-corrected chi connectivity index (χ0v) is 17.5. The lowest BCUT2D eigenvalue weighted by Gasteiger charge is -2.33. The van der Waals surface area contributed by atoms with Gasteiger partial charge in [0.05, 0.1) is 0 Å². The van der Waals surface area contributed by atoms with Crippen LogP contribution in [-0.4, -0.2) is 69.3 Å². The van der Waals surface area contributed by atoms with E-state index in [4.69, 9.17) is 9.90 Å². The molecule has 0 bridgehead atoms. The van der Waals surface area contributed by atoms with Crippen LogP contribution in [0.4, 0.5) is 0 Å². The Morgan fingerprint density at radius 3 is 2.32 bits per heavy atom. The van der Waals surface area contributed by atoms with Crippen LogP contribution < -0.4 is 0 Å². The molecule has 4 rings (SSSR count). The number of pyridine rings is 2. The highest BCUT2D eigenvalue weighted by Gasteiger charge is 2.33. The Bertz CT molecular complexity index is 854. The van der Waals surface area contributed by atoms with Gasteiger partial charge in [0.25, 0.3) is 12.4 Å². The lowest BCUT2D eigenvalue weighted by Crippen LogP contribution is -2.44. The Hall–Kier alpha value is -3.29. The maximum Gasteiger partial charge on any atom is 0.290 e. The van der Waals surface area contributed by atoms with Gasteiger partial charge in [-0.2, -0.15) is 0 Å². The lowest BCUT2D eigenvalue weighted by atomic mass is 9.94. The molecule has 1 atom stereocenters. The van der Waals surface area contributed by atoms with Crippen LogP contribution in [-0.2, 0) is 16.0 Å². The van der Waals surface area contributed by atoms with Gasteiger partial charge in [0, 0.05) is 62.4 Å². The van der Waals surface area contributed by atoms with Crippen molar-refractivity contribution in [1.29, 1.82) is 0 Å². The van der Waals surface area contributed by atoms with Gasteiger partial charge in [-0.1, -0.05) is 6.07 Å². The molecule has 2 amide bonds. The number of carbonyl (C=O) groups excluding carboxylic acids is 2. The molecule has 8 heteroatoms. The van der Waals surface area contributed by atoms with E-state index in [0.717, 1.165) is 38.8 Å². The molecular weight excluding hydrogens is 396 g/mol. The summed E-state index contributed by atoms with van der Waals surface area (Å²) in [6, 6.07) is 7.56. The average Bonchev–Trinajstić information content (AvgIpc) is 3.28. The number of hydrogen-bond acceptors (Lipinski definition) is 5. The highest BCUT2D eigenvalue weighted by molar-refractivity contribution is 5.94. The van der Waals surface area contributed by atoms with Gasteiger partial charge in [0.15, 0.2) is 0 Å². The van der Waals surface area contributed by atoms with E-state index in [1.54, 1.807) is 30.7 Å². The third-order valence-corrected chi connectivity index (χ3v) is 5.90. The molecule has 0 aromatic carbocycles. The van der Waals surface area contributed by atoms with Crippen molar-refractivity contribution in [2.24, 2.45) is 11.8 Å². The molecule has 2 aliphatic rings. The first kappa shape index (κ1) is 22.4. The molecule has 4 heterocycles. The molecule has 0 spiro atoms. The summed E-state index contributed by atoms with van der Waals surface area (Å²) in [5.74, 6) is 0.857. The van der Waals surface area contributed by atoms with Gasteiger partial charge in [0.1, 0.15) is 0 Å². The Balaban J connectivity index is 0.000000858. The van der Waals surface area contributed by atoms with Crippen LogP contribution in [0.25, 0.3) is 0 Å². The van der Waals surface area contributed by atoms with Gasteiger partial charge >= 0.3 is 0 Å². The summed E-state index contributed by atoms with van der Waals surface area (Å²) in [7, 11) is 0. The molecule has 0 aliphatic carbocycles. The van der Waals surface area contributed by atoms with Crippen LogP contribution in [0.1, 0.15) is 35.2 Å². The van der Waals surface area contributed by atoms with Gasteiger partial charge in [0.2, 0.25) is 5.91 Å². The molecule has 31 heavy (non-hydrogen) atoms. The summed E-state index contributed by atoms with van der Waals surface area (Å²) in [4.78, 5) is 45.9. The van der Waals surface area contributed by atoms with Crippen molar-refractivity contribution in [3.8, 4) is 0 Å². The van der Waals surface area contributed by atoms with Crippen molar-refractivity contribution in [2.45, 2.75) is 25.7 Å². The van der Waals surface area contributed by atoms with Gasteiger partial charge in [-0.3, -0.25) is 24.4 Å². The van der Waals surface area contributed by atoms with Gasteiger partial charge in [-0.15, -0.1) is 0 Å². The molecule has 2 saturated heterocycles. The van der Waals surface area contributed by atoms with Crippen molar-refractivity contribution in [2.75, 3.05) is 26.2 Å². The summed E-state index contributed by atoms with van der Waals surface area (Å²) in [5, 5.41) is 6.89. The quantitative estimate of drug-likeness (QED) is 0.754. The van der Waals surface area contributed by atoms with E-state index in [1.165, 1.54) is 5.56 Å². The van der Waals surface area contributed by atoms with E-state index in [2.05, 4.69) is 16.0 Å². The highest BCUT2D eigenvalue weighted by atomic mass is 16.3. The predicted octanol–water partition coefficient (Wildman–Crippen LogP) is 2.12. The zero-order chi connectivity index (χ0) is 22.1. The summed E-state index contributed by atoms with van der Waals surface area (Å²) >= 11 is 0. The molecule has 0 saturated carbocycles. The molecule has 164 valence electrons. The van der Waals surface area contributed by atoms with E-state index in [1.807, 2.05) is 22.1 Å². The molecule has 1 N–H and O–H groups in total. The fraction of sp³-hybridized carbons (Fsp3) is 0.435. The number of nitrogens with zero attached hydrogens (tertiary/aromatic N) is 4. The summed E-state index contributed by atoms with van der Waals surface area (Å²) in [6.45, 7) is 2.72. The molecule has 8 nitrogen and oxygen atoms in total. The number of amides is 2. The van der Waals surface area contributed by atoms with Crippen molar-refractivity contribution in [3.05, 3.63) is 60.2 Å². The second-order valence-electron chi connectivity index (χ2n) is 7.91. The first-order valence-corrected chi connectivity index (χ1v) is 10.6. The minimum Gasteiger partial charge on any atom is -0.483 e. The molecule has 2 aliphatic heterocycles. The second-order valence-corrected chi connectivity index (χ2v) is 7.91. The second kappa shape index (κ2) is 11.2. The number of carbonyl (C=O) groups is 3. The van der Waals surface area contributed by atoms with Crippen LogP contribution in [0.2, 0.25) is 0 Å². The Labute approximate surface area is 181 Å². The van der Waals surface area contributed by atoms with E-state index < -0.39 is 0 Å². The minimum absolute atomic E-state index is 0.0333. The summed E-state index contributed by atoms with van der Waals surface area (Å²) in [5.41, 5.74) is 1.90. The number of carboxylic acid groups (broad SMARTS) is 1. The maximum atomic E-state index is 12.9. The number of aromatic nitrogens is 2. The van der Waals surface area contributed by atoms with Crippen molar-refractivity contribution in [1.82, 2.24) is 19.8 Å². The average molecular weight is 425 g/mol. The van der Waals surface area contributed by atoms with Gasteiger partial charge in [-0.05, 0) is 55.4 Å². The summed E-state index contributed by atoms with van der Waals surface area (Å²) < 4.78 is 0. The maximum absolute atomic E-state index is 12.9. The van der Waals surface area contributed by atoms with Crippen LogP contribution in [0.3, 0.4) is 0 Å². The molecule has 1 unspecified atom stereocenters. The lowest BCUT2D eigenvalue weighted by molar-refractivity contribution is -0.136. The largest absolute Gasteiger partial charge is 0.483 e. The topological polar surface area (TPSA) is 104 Å². The van der Waals surface area contributed by atoms with Crippen LogP contribution in [0, 0.1) is 11.8 Å². The number of hydrogen-bond donors (Lipinski definition) is 1. The Morgan fingerprint density at radius 2 is 1.68 bits per heavy atom.